The first-order valence-corrected chi connectivity index (χ1v) is 6.84. The van der Waals surface area contributed by atoms with Gasteiger partial charge in [0.05, 0.1) is 24.4 Å². The van der Waals surface area contributed by atoms with Gasteiger partial charge in [0.25, 0.3) is 0 Å². The van der Waals surface area contributed by atoms with Crippen LogP contribution >= 0.6 is 0 Å². The van der Waals surface area contributed by atoms with E-state index in [1.54, 1.807) is 0 Å². The van der Waals surface area contributed by atoms with E-state index in [1.807, 2.05) is 7.05 Å². The van der Waals surface area contributed by atoms with Crippen LogP contribution in [-0.2, 0) is 16.5 Å². The van der Waals surface area contributed by atoms with Gasteiger partial charge in [-0.3, -0.25) is 9.88 Å². The zero-order valence-electron chi connectivity index (χ0n) is 11.6. The Kier molecular flexibility index (Phi) is 3.46. The van der Waals surface area contributed by atoms with Crippen LogP contribution in [0.15, 0.2) is 18.5 Å². The predicted octanol–water partition coefficient (Wildman–Crippen LogP) is 1.78. The number of ether oxygens (including phenoxy) is 1. The molecule has 21 heavy (non-hydrogen) atoms. The first-order valence-electron chi connectivity index (χ1n) is 6.84. The van der Waals surface area contributed by atoms with Crippen LogP contribution in [0, 0.1) is 0 Å². The first-order chi connectivity index (χ1) is 9.79. The first kappa shape index (κ1) is 14.7. The average molecular weight is 302 g/mol. The van der Waals surface area contributed by atoms with E-state index >= 15 is 0 Å². The topological polar surface area (TPSA) is 45.6 Å². The lowest BCUT2D eigenvalue weighted by atomic mass is 9.77. The molecule has 1 N–H and O–H groups in total. The number of pyridine rings is 1. The third-order valence-electron chi connectivity index (χ3n) is 4.52. The molecule has 0 aliphatic carbocycles. The molecule has 0 saturated carbocycles. The molecule has 3 heterocycles. The van der Waals surface area contributed by atoms with Gasteiger partial charge in [-0.15, -0.1) is 0 Å². The van der Waals surface area contributed by atoms with Gasteiger partial charge < -0.3 is 9.84 Å². The molecule has 0 radical (unpaired) electrons. The summed E-state index contributed by atoms with van der Waals surface area (Å²) in [5, 5.41) is 10.9. The van der Waals surface area contributed by atoms with Gasteiger partial charge in [0.1, 0.15) is 0 Å². The van der Waals surface area contributed by atoms with Crippen molar-refractivity contribution in [3.8, 4) is 0 Å². The number of fused-ring (bicyclic) bond motifs is 2. The number of rotatable bonds is 1. The van der Waals surface area contributed by atoms with Crippen LogP contribution in [0.5, 0.6) is 0 Å². The zero-order chi connectivity index (χ0) is 15.3. The highest BCUT2D eigenvalue weighted by Gasteiger charge is 2.46. The molecule has 0 aromatic carbocycles. The number of hydrogen-bond donors (Lipinski definition) is 1. The normalized spacial score (nSPS) is 34.0. The molecular formula is C14H17F3N2O2. The van der Waals surface area contributed by atoms with Gasteiger partial charge in [0.15, 0.2) is 0 Å². The summed E-state index contributed by atoms with van der Waals surface area (Å²) in [4.78, 5) is 5.80. The zero-order valence-corrected chi connectivity index (χ0v) is 11.6. The number of likely N-dealkylation sites (N-methyl/N-ethyl adjacent to an activating group) is 1. The summed E-state index contributed by atoms with van der Waals surface area (Å²) in [6.07, 6.45) is -1.64. The summed E-state index contributed by atoms with van der Waals surface area (Å²) in [5.74, 6) is 0. The molecule has 1 aromatic heterocycles. The van der Waals surface area contributed by atoms with E-state index in [2.05, 4.69) is 9.88 Å². The van der Waals surface area contributed by atoms with Crippen molar-refractivity contribution in [2.75, 3.05) is 20.3 Å². The van der Waals surface area contributed by atoms with Crippen molar-refractivity contribution < 1.29 is 23.0 Å². The lowest BCUT2D eigenvalue weighted by Crippen LogP contribution is -2.59. The minimum absolute atomic E-state index is 0.0112. The maximum atomic E-state index is 12.8. The maximum absolute atomic E-state index is 12.8. The van der Waals surface area contributed by atoms with Gasteiger partial charge in [-0.25, -0.2) is 0 Å². The SMILES string of the molecule is CN1C2COCC1CC(O)(c1cncc(C(F)(F)F)c1)C2. The molecule has 7 heteroatoms. The van der Waals surface area contributed by atoms with Crippen molar-refractivity contribution >= 4 is 0 Å². The number of nitrogens with zero attached hydrogens (tertiary/aromatic N) is 2. The van der Waals surface area contributed by atoms with Crippen LogP contribution in [0.4, 0.5) is 13.2 Å². The fourth-order valence-electron chi connectivity index (χ4n) is 3.23. The van der Waals surface area contributed by atoms with Gasteiger partial charge in [0, 0.05) is 30.0 Å². The molecule has 2 saturated heterocycles. The average Bonchev–Trinajstić information content (AvgIpc) is 2.40. The van der Waals surface area contributed by atoms with Crippen molar-refractivity contribution in [1.82, 2.24) is 9.88 Å². The third-order valence-corrected chi connectivity index (χ3v) is 4.52. The van der Waals surface area contributed by atoms with Crippen molar-refractivity contribution in [2.24, 2.45) is 0 Å². The second kappa shape index (κ2) is 4.93. The molecule has 2 bridgehead atoms. The van der Waals surface area contributed by atoms with Gasteiger partial charge in [0.2, 0.25) is 0 Å². The summed E-state index contributed by atoms with van der Waals surface area (Å²) >= 11 is 0. The van der Waals surface area contributed by atoms with Crippen LogP contribution in [0.2, 0.25) is 0 Å². The number of aromatic nitrogens is 1. The Morgan fingerprint density at radius 2 is 1.90 bits per heavy atom. The number of piperidine rings is 1. The van der Waals surface area contributed by atoms with Gasteiger partial charge in [-0.05, 0) is 26.0 Å². The summed E-state index contributed by atoms with van der Waals surface area (Å²) in [6, 6.07) is 1.03. The van der Waals surface area contributed by atoms with Crippen LogP contribution < -0.4 is 0 Å². The van der Waals surface area contributed by atoms with Crippen molar-refractivity contribution in [2.45, 2.75) is 36.7 Å². The Labute approximate surface area is 120 Å². The number of alkyl halides is 3. The number of hydrogen-bond acceptors (Lipinski definition) is 4. The minimum atomic E-state index is -4.45. The number of morpholine rings is 1. The van der Waals surface area contributed by atoms with Gasteiger partial charge in [-0.1, -0.05) is 0 Å². The van der Waals surface area contributed by atoms with Crippen LogP contribution in [0.1, 0.15) is 24.0 Å². The van der Waals surface area contributed by atoms with Crippen molar-refractivity contribution in [3.63, 3.8) is 0 Å². The number of halogens is 3. The Morgan fingerprint density at radius 3 is 2.48 bits per heavy atom. The smallest absolute Gasteiger partial charge is 0.385 e. The summed E-state index contributed by atoms with van der Waals surface area (Å²) in [7, 11) is 1.96. The Bertz CT molecular complexity index is 521. The highest BCUT2D eigenvalue weighted by Crippen LogP contribution is 2.41. The molecule has 2 aliphatic heterocycles. The lowest BCUT2D eigenvalue weighted by Gasteiger charge is -2.50. The van der Waals surface area contributed by atoms with Crippen LogP contribution in [0.3, 0.4) is 0 Å². The highest BCUT2D eigenvalue weighted by atomic mass is 19.4. The molecule has 2 aliphatic rings. The lowest BCUT2D eigenvalue weighted by molar-refractivity contribution is -0.141. The minimum Gasteiger partial charge on any atom is -0.385 e. The summed E-state index contributed by atoms with van der Waals surface area (Å²) < 4.78 is 43.9. The number of aliphatic hydroxyl groups is 1. The largest absolute Gasteiger partial charge is 0.417 e. The molecule has 3 rings (SSSR count). The molecule has 0 amide bonds. The third kappa shape index (κ3) is 2.65. The molecule has 4 nitrogen and oxygen atoms in total. The van der Waals surface area contributed by atoms with Crippen molar-refractivity contribution in [3.05, 3.63) is 29.6 Å². The Hall–Kier alpha value is -1.18. The van der Waals surface area contributed by atoms with E-state index in [4.69, 9.17) is 4.74 Å². The monoisotopic (exact) mass is 302 g/mol. The molecule has 0 spiro atoms. The highest BCUT2D eigenvalue weighted by molar-refractivity contribution is 5.27. The molecular weight excluding hydrogens is 285 g/mol. The van der Waals surface area contributed by atoms with E-state index in [1.165, 1.54) is 6.20 Å². The predicted molar refractivity (Wildman–Crippen MR) is 68.5 cm³/mol. The molecule has 1 aromatic rings. The molecule has 116 valence electrons. The molecule has 2 atom stereocenters. The van der Waals surface area contributed by atoms with Crippen LogP contribution in [-0.4, -0.2) is 47.3 Å². The standard InChI is InChI=1S/C14H17F3N2O2/c1-19-11-3-13(20,4-12(19)8-21-7-11)9-2-10(6-18-5-9)14(15,16)17/h2,5-6,11-12,20H,3-4,7-8H2,1H3. The van der Waals surface area contributed by atoms with E-state index in [9.17, 15) is 18.3 Å². The Balaban J connectivity index is 1.93. The van der Waals surface area contributed by atoms with Crippen molar-refractivity contribution in [1.29, 1.82) is 0 Å². The second-order valence-corrected chi connectivity index (χ2v) is 5.91. The fraction of sp³-hybridized carbons (Fsp3) is 0.643. The maximum Gasteiger partial charge on any atom is 0.417 e. The van der Waals surface area contributed by atoms with E-state index in [-0.39, 0.29) is 17.6 Å². The molecule has 2 unspecified atom stereocenters. The Morgan fingerprint density at radius 1 is 1.29 bits per heavy atom. The van der Waals surface area contributed by atoms with E-state index < -0.39 is 17.3 Å². The second-order valence-electron chi connectivity index (χ2n) is 5.91. The molecule has 2 fully saturated rings. The van der Waals surface area contributed by atoms with Gasteiger partial charge in [-0.2, -0.15) is 13.2 Å². The fourth-order valence-corrected chi connectivity index (χ4v) is 3.23. The van der Waals surface area contributed by atoms with E-state index in [0.717, 1.165) is 12.3 Å². The van der Waals surface area contributed by atoms with Crippen LogP contribution in [0.25, 0.3) is 0 Å². The van der Waals surface area contributed by atoms with Gasteiger partial charge >= 0.3 is 6.18 Å². The quantitative estimate of drug-likeness (QED) is 0.859. The van der Waals surface area contributed by atoms with E-state index in [0.29, 0.717) is 26.1 Å². The summed E-state index contributed by atoms with van der Waals surface area (Å²) in [5.41, 5.74) is -1.86. The summed E-state index contributed by atoms with van der Waals surface area (Å²) in [6.45, 7) is 0.976.